The molecular formula is C18H16N6O. The fraction of sp³-hybridized carbons (Fsp3) is 0.111. The maximum Gasteiger partial charge on any atom is 0.221 e. The molecule has 1 atom stereocenters. The lowest BCUT2D eigenvalue weighted by Gasteiger charge is -2.22. The number of methoxy groups -OCH3 is 1. The lowest BCUT2D eigenvalue weighted by molar-refractivity contribution is 0.408. The second-order valence-electron chi connectivity index (χ2n) is 5.45. The molecule has 0 saturated heterocycles. The van der Waals surface area contributed by atoms with Crippen molar-refractivity contribution in [2.75, 3.05) is 12.4 Å². The van der Waals surface area contributed by atoms with Crippen molar-refractivity contribution in [2.24, 2.45) is 0 Å². The average Bonchev–Trinajstić information content (AvgIpc) is 3.16. The Morgan fingerprint density at radius 1 is 1.04 bits per heavy atom. The van der Waals surface area contributed by atoms with Crippen LogP contribution in [0, 0.1) is 0 Å². The van der Waals surface area contributed by atoms with Crippen LogP contribution in [0.2, 0.25) is 0 Å². The highest BCUT2D eigenvalue weighted by molar-refractivity contribution is 5.63. The normalized spacial score (nSPS) is 12.0. The zero-order chi connectivity index (χ0) is 17.1. The third-order valence-electron chi connectivity index (χ3n) is 3.98. The summed E-state index contributed by atoms with van der Waals surface area (Å²) < 4.78 is 7.13. The third kappa shape index (κ3) is 2.87. The van der Waals surface area contributed by atoms with Gasteiger partial charge in [0.05, 0.1) is 19.3 Å². The molecular weight excluding hydrogens is 316 g/mol. The van der Waals surface area contributed by atoms with E-state index in [0.717, 1.165) is 16.9 Å². The minimum atomic E-state index is -0.159. The Kier molecular flexibility index (Phi) is 3.96. The monoisotopic (exact) mass is 332 g/mol. The van der Waals surface area contributed by atoms with E-state index in [1.807, 2.05) is 42.5 Å². The van der Waals surface area contributed by atoms with E-state index in [-0.39, 0.29) is 6.04 Å². The van der Waals surface area contributed by atoms with Gasteiger partial charge in [-0.1, -0.05) is 48.5 Å². The highest BCUT2D eigenvalue weighted by atomic mass is 16.5. The predicted octanol–water partition coefficient (Wildman–Crippen LogP) is 2.73. The lowest BCUT2D eigenvalue weighted by atomic mass is 9.98. The van der Waals surface area contributed by atoms with Gasteiger partial charge in [0.25, 0.3) is 0 Å². The second kappa shape index (κ2) is 6.56. The maximum absolute atomic E-state index is 5.55. The summed E-state index contributed by atoms with van der Waals surface area (Å²) in [6.07, 6.45) is 3.37. The summed E-state index contributed by atoms with van der Waals surface area (Å²) in [4.78, 5) is 4.41. The molecule has 2 heterocycles. The molecule has 124 valence electrons. The summed E-state index contributed by atoms with van der Waals surface area (Å²) in [7, 11) is 1.67. The molecule has 0 radical (unpaired) electrons. The van der Waals surface area contributed by atoms with Gasteiger partial charge in [-0.15, -0.1) is 5.10 Å². The molecule has 2 aromatic heterocycles. The fourth-order valence-corrected chi connectivity index (χ4v) is 2.81. The molecule has 0 aliphatic carbocycles. The molecule has 2 aromatic carbocycles. The summed E-state index contributed by atoms with van der Waals surface area (Å²) >= 11 is 0. The van der Waals surface area contributed by atoms with E-state index in [0.29, 0.717) is 11.5 Å². The van der Waals surface area contributed by atoms with E-state index in [2.05, 4.69) is 38.0 Å². The van der Waals surface area contributed by atoms with Gasteiger partial charge < -0.3 is 10.1 Å². The Morgan fingerprint density at radius 3 is 2.68 bits per heavy atom. The molecule has 0 amide bonds. The maximum atomic E-state index is 5.55. The summed E-state index contributed by atoms with van der Waals surface area (Å²) in [6, 6.07) is 17.9. The fourth-order valence-electron chi connectivity index (χ4n) is 2.81. The lowest BCUT2D eigenvalue weighted by Crippen LogP contribution is -2.15. The molecule has 7 nitrogen and oxygen atoms in total. The molecule has 0 aliphatic rings. The molecule has 25 heavy (non-hydrogen) atoms. The van der Waals surface area contributed by atoms with Crippen molar-refractivity contribution >= 4 is 11.5 Å². The molecule has 0 fully saturated rings. The van der Waals surface area contributed by atoms with Gasteiger partial charge in [-0.05, 0) is 22.1 Å². The van der Waals surface area contributed by atoms with Crippen LogP contribution in [0.1, 0.15) is 17.2 Å². The first-order valence-corrected chi connectivity index (χ1v) is 7.84. The van der Waals surface area contributed by atoms with Crippen LogP contribution in [-0.2, 0) is 0 Å². The van der Waals surface area contributed by atoms with Gasteiger partial charge >= 0.3 is 0 Å². The van der Waals surface area contributed by atoms with E-state index in [1.165, 1.54) is 0 Å². The van der Waals surface area contributed by atoms with Crippen LogP contribution in [-0.4, -0.2) is 32.1 Å². The summed E-state index contributed by atoms with van der Waals surface area (Å²) in [5.74, 6) is 1.41. The van der Waals surface area contributed by atoms with Gasteiger partial charge in [-0.2, -0.15) is 4.52 Å². The topological polar surface area (TPSA) is 77.2 Å². The highest BCUT2D eigenvalue weighted by Crippen LogP contribution is 2.32. The number of hydrogen-bond donors (Lipinski definition) is 1. The molecule has 7 heteroatoms. The number of ether oxygens (including phenoxy) is 1. The number of aromatic nitrogens is 5. The number of para-hydroxylation sites is 1. The summed E-state index contributed by atoms with van der Waals surface area (Å²) in [5, 5.41) is 15.1. The third-order valence-corrected chi connectivity index (χ3v) is 3.98. The van der Waals surface area contributed by atoms with Crippen LogP contribution < -0.4 is 10.1 Å². The van der Waals surface area contributed by atoms with Crippen LogP contribution in [0.3, 0.4) is 0 Å². The van der Waals surface area contributed by atoms with Crippen molar-refractivity contribution in [1.29, 1.82) is 0 Å². The molecule has 1 unspecified atom stereocenters. The Bertz CT molecular complexity index is 985. The number of anilines is 1. The van der Waals surface area contributed by atoms with Crippen molar-refractivity contribution in [3.05, 3.63) is 78.1 Å². The summed E-state index contributed by atoms with van der Waals surface area (Å²) in [5.41, 5.74) is 2.66. The minimum Gasteiger partial charge on any atom is -0.496 e. The number of rotatable bonds is 5. The van der Waals surface area contributed by atoms with Crippen molar-refractivity contribution in [1.82, 2.24) is 25.0 Å². The Balaban J connectivity index is 1.82. The molecule has 1 N–H and O–H groups in total. The zero-order valence-corrected chi connectivity index (χ0v) is 13.6. The highest BCUT2D eigenvalue weighted by Gasteiger charge is 2.20. The number of hydrogen-bond acceptors (Lipinski definition) is 6. The van der Waals surface area contributed by atoms with Crippen LogP contribution in [0.5, 0.6) is 5.75 Å². The number of nitrogens with one attached hydrogen (secondary N) is 1. The van der Waals surface area contributed by atoms with E-state index in [9.17, 15) is 0 Å². The van der Waals surface area contributed by atoms with Crippen molar-refractivity contribution in [3.63, 3.8) is 0 Å². The van der Waals surface area contributed by atoms with Gasteiger partial charge in [0.2, 0.25) is 5.65 Å². The molecule has 0 bridgehead atoms. The van der Waals surface area contributed by atoms with Gasteiger partial charge in [0, 0.05) is 11.8 Å². The van der Waals surface area contributed by atoms with Gasteiger partial charge in [0.1, 0.15) is 5.75 Å². The number of fused-ring (bicyclic) bond motifs is 1. The quantitative estimate of drug-likeness (QED) is 0.605. The van der Waals surface area contributed by atoms with E-state index >= 15 is 0 Å². The number of tetrazole rings is 1. The van der Waals surface area contributed by atoms with Crippen LogP contribution in [0.4, 0.5) is 5.82 Å². The van der Waals surface area contributed by atoms with Crippen molar-refractivity contribution in [3.8, 4) is 5.75 Å². The smallest absolute Gasteiger partial charge is 0.221 e. The largest absolute Gasteiger partial charge is 0.496 e. The first kappa shape index (κ1) is 15.1. The summed E-state index contributed by atoms with van der Waals surface area (Å²) in [6.45, 7) is 0. The van der Waals surface area contributed by atoms with Gasteiger partial charge in [-0.25, -0.2) is 4.98 Å². The van der Waals surface area contributed by atoms with E-state index < -0.39 is 0 Å². The SMILES string of the molecule is COc1ccccc1C(Nc1nccn2nnnc12)c1ccccc1. The van der Waals surface area contributed by atoms with E-state index in [1.54, 1.807) is 24.0 Å². The molecule has 0 aliphatic heterocycles. The van der Waals surface area contributed by atoms with Gasteiger partial charge in [-0.3, -0.25) is 0 Å². The zero-order valence-electron chi connectivity index (χ0n) is 13.6. The predicted molar refractivity (Wildman–Crippen MR) is 93.5 cm³/mol. The van der Waals surface area contributed by atoms with Crippen LogP contribution in [0.15, 0.2) is 67.0 Å². The molecule has 0 saturated carbocycles. The van der Waals surface area contributed by atoms with Crippen molar-refractivity contribution < 1.29 is 4.74 Å². The Labute approximate surface area is 144 Å². The first-order chi connectivity index (χ1) is 12.4. The van der Waals surface area contributed by atoms with E-state index in [4.69, 9.17) is 4.74 Å². The molecule has 0 spiro atoms. The standard InChI is InChI=1S/C18H16N6O/c1-25-15-10-6-5-9-14(15)16(13-7-3-2-4-8-13)20-17-18-21-22-23-24(18)12-11-19-17/h2-12,16H,1H3,(H,19,20). The van der Waals surface area contributed by atoms with Crippen LogP contribution >= 0.6 is 0 Å². The van der Waals surface area contributed by atoms with Gasteiger partial charge in [0.15, 0.2) is 5.82 Å². The number of benzene rings is 2. The Morgan fingerprint density at radius 2 is 1.84 bits per heavy atom. The second-order valence-corrected chi connectivity index (χ2v) is 5.45. The van der Waals surface area contributed by atoms with Crippen LogP contribution in [0.25, 0.3) is 5.65 Å². The van der Waals surface area contributed by atoms with Crippen molar-refractivity contribution in [2.45, 2.75) is 6.04 Å². The molecule has 4 rings (SSSR count). The molecule has 4 aromatic rings. The number of nitrogens with zero attached hydrogens (tertiary/aromatic N) is 5. The first-order valence-electron chi connectivity index (χ1n) is 7.84. The minimum absolute atomic E-state index is 0.159. The Hall–Kier alpha value is -3.48. The average molecular weight is 332 g/mol.